The molecule has 1 aromatic heterocycles. The second kappa shape index (κ2) is 7.68. The topological polar surface area (TPSA) is 47.6 Å². The van der Waals surface area contributed by atoms with Gasteiger partial charge in [-0.05, 0) is 58.4 Å². The lowest BCUT2D eigenvalue weighted by molar-refractivity contribution is 0.0499. The molecule has 2 heterocycles. The normalized spacial score (nSPS) is 16.6. The first-order valence-corrected chi connectivity index (χ1v) is 9.55. The Kier molecular flexibility index (Phi) is 5.58. The number of nitrogens with one attached hydrogen (secondary N) is 1. The molecule has 0 bridgehead atoms. The number of carbonyl (C=O) groups is 1. The largest absolute Gasteiger partial charge is 0.497 e. The van der Waals surface area contributed by atoms with E-state index in [9.17, 15) is 4.79 Å². The summed E-state index contributed by atoms with van der Waals surface area (Å²) in [5, 5.41) is 5.21. The molecule has 2 aromatic rings. The summed E-state index contributed by atoms with van der Waals surface area (Å²) in [7, 11) is 1.60. The summed E-state index contributed by atoms with van der Waals surface area (Å²) in [5.41, 5.74) is 0.552. The summed E-state index contributed by atoms with van der Waals surface area (Å²) in [4.78, 5) is 14.0. The number of halogens is 1. The Hall–Kier alpha value is -1.37. The predicted molar refractivity (Wildman–Crippen MR) is 99.1 cm³/mol. The zero-order valence-electron chi connectivity index (χ0n) is 13.5. The van der Waals surface area contributed by atoms with Crippen LogP contribution in [0.3, 0.4) is 0 Å². The first-order valence-electron chi connectivity index (χ1n) is 7.88. The summed E-state index contributed by atoms with van der Waals surface area (Å²) >= 11 is 5.19. The Bertz CT molecular complexity index is 696. The minimum Gasteiger partial charge on any atom is -0.497 e. The summed E-state index contributed by atoms with van der Waals surface area (Å²) in [6.07, 6.45) is 1.85. The Morgan fingerprint density at radius 1 is 1.38 bits per heavy atom. The number of benzene rings is 1. The summed E-state index contributed by atoms with van der Waals surface area (Å²) in [6, 6.07) is 9.63. The fourth-order valence-electron chi connectivity index (χ4n) is 3.00. The smallest absolute Gasteiger partial charge is 0.252 e. The Labute approximate surface area is 154 Å². The highest BCUT2D eigenvalue weighted by Gasteiger charge is 2.35. The van der Waals surface area contributed by atoms with Gasteiger partial charge in [0, 0.05) is 34.5 Å². The van der Waals surface area contributed by atoms with Crippen LogP contribution < -0.4 is 10.1 Å². The lowest BCUT2D eigenvalue weighted by atomic mass is 9.78. The van der Waals surface area contributed by atoms with Crippen molar-refractivity contribution >= 4 is 33.2 Å². The van der Waals surface area contributed by atoms with Gasteiger partial charge >= 0.3 is 0 Å². The van der Waals surface area contributed by atoms with Crippen molar-refractivity contribution in [2.45, 2.75) is 18.3 Å². The molecule has 0 spiro atoms. The molecule has 0 radical (unpaired) electrons. The van der Waals surface area contributed by atoms with Crippen molar-refractivity contribution in [3.63, 3.8) is 0 Å². The Morgan fingerprint density at radius 2 is 2.17 bits per heavy atom. The molecule has 0 aliphatic carbocycles. The van der Waals surface area contributed by atoms with Crippen LogP contribution in [0.1, 0.15) is 28.1 Å². The van der Waals surface area contributed by atoms with Gasteiger partial charge in [-0.1, -0.05) is 6.07 Å². The van der Waals surface area contributed by atoms with E-state index in [-0.39, 0.29) is 11.3 Å². The average Bonchev–Trinajstić information content (AvgIpc) is 3.16. The highest BCUT2D eigenvalue weighted by atomic mass is 79.9. The van der Waals surface area contributed by atoms with Gasteiger partial charge < -0.3 is 14.8 Å². The summed E-state index contributed by atoms with van der Waals surface area (Å²) in [5.74, 6) is 0.575. The van der Waals surface area contributed by atoms with Crippen molar-refractivity contribution in [2.75, 3.05) is 26.9 Å². The molecular formula is C18H20BrNO3S. The van der Waals surface area contributed by atoms with Crippen LogP contribution in [0.2, 0.25) is 0 Å². The van der Waals surface area contributed by atoms with Crippen LogP contribution in [-0.4, -0.2) is 32.8 Å². The third-order valence-corrected chi connectivity index (χ3v) is 6.31. The van der Waals surface area contributed by atoms with Crippen LogP contribution in [0.25, 0.3) is 0 Å². The second-order valence-electron chi connectivity index (χ2n) is 5.90. The van der Waals surface area contributed by atoms with Crippen LogP contribution in [0.4, 0.5) is 0 Å². The molecule has 128 valence electrons. The molecule has 24 heavy (non-hydrogen) atoms. The fourth-order valence-corrected chi connectivity index (χ4v) is 4.42. The molecule has 1 N–H and O–H groups in total. The lowest BCUT2D eigenvalue weighted by Gasteiger charge is -2.36. The van der Waals surface area contributed by atoms with Gasteiger partial charge in [0.25, 0.3) is 5.91 Å². The summed E-state index contributed by atoms with van der Waals surface area (Å²) in [6.45, 7) is 2.08. The molecule has 1 aliphatic rings. The van der Waals surface area contributed by atoms with E-state index in [4.69, 9.17) is 9.47 Å². The van der Waals surface area contributed by atoms with E-state index in [1.54, 1.807) is 24.5 Å². The number of hydrogen-bond acceptors (Lipinski definition) is 4. The van der Waals surface area contributed by atoms with Gasteiger partial charge in [0.2, 0.25) is 0 Å². The minimum absolute atomic E-state index is 0.0343. The second-order valence-corrected chi connectivity index (χ2v) is 7.70. The van der Waals surface area contributed by atoms with Gasteiger partial charge in [0.15, 0.2) is 0 Å². The maximum atomic E-state index is 12.7. The average molecular weight is 410 g/mol. The molecule has 6 heteroatoms. The molecule has 0 atom stereocenters. The van der Waals surface area contributed by atoms with Crippen LogP contribution in [0, 0.1) is 0 Å². The first kappa shape index (κ1) is 17.5. The number of thiophene rings is 1. The number of rotatable bonds is 5. The van der Waals surface area contributed by atoms with Crippen molar-refractivity contribution in [1.29, 1.82) is 0 Å². The van der Waals surface area contributed by atoms with E-state index < -0.39 is 0 Å². The first-order chi connectivity index (χ1) is 11.6. The third kappa shape index (κ3) is 3.66. The quantitative estimate of drug-likeness (QED) is 0.811. The van der Waals surface area contributed by atoms with Crippen molar-refractivity contribution in [2.24, 2.45) is 0 Å². The molecule has 1 fully saturated rings. The maximum absolute atomic E-state index is 12.7. The van der Waals surface area contributed by atoms with Crippen LogP contribution >= 0.6 is 27.3 Å². The molecule has 1 aromatic carbocycles. The standard InChI is InChI=1S/C18H20BrNO3S/c1-22-13-4-5-15(19)14(11-13)17(21)20-12-18(6-8-23-9-7-18)16-3-2-10-24-16/h2-5,10-11H,6-9,12H2,1H3,(H,20,21). The molecule has 4 nitrogen and oxygen atoms in total. The lowest BCUT2D eigenvalue weighted by Crippen LogP contribution is -2.44. The number of ether oxygens (including phenoxy) is 2. The van der Waals surface area contributed by atoms with Gasteiger partial charge in [-0.25, -0.2) is 0 Å². The van der Waals surface area contributed by atoms with Gasteiger partial charge in [-0.15, -0.1) is 11.3 Å². The van der Waals surface area contributed by atoms with Crippen LogP contribution in [-0.2, 0) is 10.2 Å². The zero-order chi connectivity index (χ0) is 17.0. The molecule has 1 amide bonds. The highest BCUT2D eigenvalue weighted by molar-refractivity contribution is 9.10. The van der Waals surface area contributed by atoms with Gasteiger partial charge in [0.1, 0.15) is 5.75 Å². The third-order valence-electron chi connectivity index (χ3n) is 4.50. The maximum Gasteiger partial charge on any atom is 0.252 e. The predicted octanol–water partition coefficient (Wildman–Crippen LogP) is 4.00. The van der Waals surface area contributed by atoms with E-state index in [1.165, 1.54) is 4.88 Å². The van der Waals surface area contributed by atoms with E-state index in [0.29, 0.717) is 17.9 Å². The van der Waals surface area contributed by atoms with Crippen LogP contribution in [0.15, 0.2) is 40.2 Å². The molecule has 1 aliphatic heterocycles. The molecule has 1 saturated heterocycles. The van der Waals surface area contributed by atoms with Gasteiger partial charge in [-0.2, -0.15) is 0 Å². The van der Waals surface area contributed by atoms with Crippen LogP contribution in [0.5, 0.6) is 5.75 Å². The summed E-state index contributed by atoms with van der Waals surface area (Å²) < 4.78 is 11.5. The SMILES string of the molecule is COc1ccc(Br)c(C(=O)NCC2(c3cccs3)CCOCC2)c1. The van der Waals surface area contributed by atoms with Crippen molar-refractivity contribution in [3.05, 3.63) is 50.6 Å². The fraction of sp³-hybridized carbons (Fsp3) is 0.389. The molecular weight excluding hydrogens is 390 g/mol. The van der Waals surface area contributed by atoms with Gasteiger partial charge in [0.05, 0.1) is 12.7 Å². The van der Waals surface area contributed by atoms with E-state index in [0.717, 1.165) is 30.5 Å². The van der Waals surface area contributed by atoms with Crippen molar-refractivity contribution < 1.29 is 14.3 Å². The zero-order valence-corrected chi connectivity index (χ0v) is 15.9. The van der Waals surface area contributed by atoms with E-state index in [1.807, 2.05) is 12.1 Å². The minimum atomic E-state index is -0.0943. The molecule has 3 rings (SSSR count). The Morgan fingerprint density at radius 3 is 2.83 bits per heavy atom. The van der Waals surface area contributed by atoms with Gasteiger partial charge in [-0.3, -0.25) is 4.79 Å². The Balaban J connectivity index is 1.76. The van der Waals surface area contributed by atoms with Crippen molar-refractivity contribution in [3.8, 4) is 5.75 Å². The highest BCUT2D eigenvalue weighted by Crippen LogP contribution is 2.37. The monoisotopic (exact) mass is 409 g/mol. The molecule has 0 unspecified atom stereocenters. The molecule has 0 saturated carbocycles. The van der Waals surface area contributed by atoms with Crippen molar-refractivity contribution in [1.82, 2.24) is 5.32 Å². The number of amides is 1. The number of methoxy groups -OCH3 is 1. The van der Waals surface area contributed by atoms with E-state index in [2.05, 4.69) is 38.8 Å². The number of hydrogen-bond donors (Lipinski definition) is 1. The number of carbonyl (C=O) groups excluding carboxylic acids is 1. The van der Waals surface area contributed by atoms with E-state index >= 15 is 0 Å².